The Hall–Kier alpha value is -3.87. The van der Waals surface area contributed by atoms with Gasteiger partial charge in [0.25, 0.3) is 0 Å². The van der Waals surface area contributed by atoms with Gasteiger partial charge < -0.3 is 31.1 Å². The third-order valence-electron chi connectivity index (χ3n) is 6.52. The lowest BCUT2D eigenvalue weighted by atomic mass is 9.98. The fourth-order valence-electron chi connectivity index (χ4n) is 4.68. The number of benzene rings is 2. The molecule has 2 aromatic rings. The number of nitrogens with one attached hydrogen (secondary N) is 2. The maximum absolute atomic E-state index is 13.0. The number of nitrogens with two attached hydrogens (primary N) is 1. The minimum Gasteiger partial charge on any atom is -0.497 e. The molecule has 9 heteroatoms. The first-order chi connectivity index (χ1) is 19.7. The van der Waals surface area contributed by atoms with Gasteiger partial charge in [-0.25, -0.2) is 0 Å². The number of carbonyl (C=O) groups excluding carboxylic acids is 3. The number of primary amides is 1. The Morgan fingerprint density at radius 2 is 1.63 bits per heavy atom. The van der Waals surface area contributed by atoms with Gasteiger partial charge in [0.05, 0.1) is 38.5 Å². The molecule has 0 saturated heterocycles. The molecule has 5 N–H and O–H groups in total. The van der Waals surface area contributed by atoms with Crippen LogP contribution in [-0.2, 0) is 40.2 Å². The number of aliphatic hydroxyl groups is 1. The van der Waals surface area contributed by atoms with Crippen LogP contribution < -0.4 is 21.1 Å². The predicted molar refractivity (Wildman–Crippen MR) is 160 cm³/mol. The Labute approximate surface area is 243 Å². The topological polar surface area (TPSA) is 134 Å². The van der Waals surface area contributed by atoms with Crippen LogP contribution in [0.2, 0.25) is 0 Å². The van der Waals surface area contributed by atoms with Crippen molar-refractivity contribution < 1.29 is 24.2 Å². The van der Waals surface area contributed by atoms with E-state index >= 15 is 0 Å². The van der Waals surface area contributed by atoms with Crippen molar-refractivity contribution in [3.05, 3.63) is 64.7 Å². The molecule has 2 atom stereocenters. The first-order valence-electron chi connectivity index (χ1n) is 14.1. The van der Waals surface area contributed by atoms with Gasteiger partial charge in [-0.2, -0.15) is 0 Å². The Kier molecular flexibility index (Phi) is 14.4. The van der Waals surface area contributed by atoms with Gasteiger partial charge in [0, 0.05) is 32.6 Å². The first kappa shape index (κ1) is 33.3. The van der Waals surface area contributed by atoms with Crippen LogP contribution >= 0.6 is 0 Å². The van der Waals surface area contributed by atoms with Gasteiger partial charge >= 0.3 is 0 Å². The number of hydrogen-bond donors (Lipinski definition) is 4. The van der Waals surface area contributed by atoms with Crippen molar-refractivity contribution >= 4 is 17.7 Å². The zero-order valence-corrected chi connectivity index (χ0v) is 24.4. The molecule has 0 heterocycles. The van der Waals surface area contributed by atoms with Crippen LogP contribution in [0, 0.1) is 12.3 Å². The van der Waals surface area contributed by atoms with Gasteiger partial charge in [-0.3, -0.25) is 14.4 Å². The Bertz CT molecular complexity index is 1190. The quantitative estimate of drug-likeness (QED) is 0.205. The highest BCUT2D eigenvalue weighted by Crippen LogP contribution is 2.15. The van der Waals surface area contributed by atoms with Gasteiger partial charge in [0.1, 0.15) is 5.75 Å². The molecule has 0 unspecified atom stereocenters. The van der Waals surface area contributed by atoms with E-state index in [0.717, 1.165) is 29.7 Å². The maximum Gasteiger partial charge on any atom is 0.226 e. The summed E-state index contributed by atoms with van der Waals surface area (Å²) in [5, 5.41) is 16.8. The van der Waals surface area contributed by atoms with Crippen LogP contribution in [0.3, 0.4) is 0 Å². The molecule has 0 bridgehead atoms. The number of rotatable bonds is 18. The molecule has 3 amide bonds. The van der Waals surface area contributed by atoms with Gasteiger partial charge in [-0.1, -0.05) is 44.2 Å². The van der Waals surface area contributed by atoms with Crippen LogP contribution in [0.15, 0.2) is 42.5 Å². The van der Waals surface area contributed by atoms with E-state index in [1.54, 1.807) is 25.3 Å². The second-order valence-corrected chi connectivity index (χ2v) is 10.2. The number of aliphatic hydroxyl groups excluding tert-OH is 1. The number of hydrogen-bond acceptors (Lipinski definition) is 6. The van der Waals surface area contributed by atoms with Crippen molar-refractivity contribution in [1.29, 1.82) is 0 Å². The highest BCUT2D eigenvalue weighted by Gasteiger charge is 2.21. The Balaban J connectivity index is 2.07. The average molecular weight is 565 g/mol. The Morgan fingerprint density at radius 1 is 1.00 bits per heavy atom. The summed E-state index contributed by atoms with van der Waals surface area (Å²) >= 11 is 0. The normalized spacial score (nSPS) is 12.2. The fraction of sp³-hybridized carbons (Fsp3) is 0.469. The van der Waals surface area contributed by atoms with E-state index in [0.29, 0.717) is 30.8 Å². The average Bonchev–Trinajstić information content (AvgIpc) is 2.92. The van der Waals surface area contributed by atoms with Crippen LogP contribution in [0.4, 0.5) is 0 Å². The molecule has 0 aliphatic heterocycles. The summed E-state index contributed by atoms with van der Waals surface area (Å²) in [6, 6.07) is 12.3. The van der Waals surface area contributed by atoms with Gasteiger partial charge in [0.2, 0.25) is 17.7 Å². The SMILES string of the molecule is C#CC[C@H](NC(=O)Cc1cc(CC(N)=O)cc(CC(=O)N(CCC)CCC)c1)[C@H](O)CNCc1cccc(OC)c1. The lowest BCUT2D eigenvalue weighted by Gasteiger charge is -2.23. The molecule has 0 aromatic heterocycles. The summed E-state index contributed by atoms with van der Waals surface area (Å²) in [7, 11) is 1.60. The third kappa shape index (κ3) is 12.0. The second-order valence-electron chi connectivity index (χ2n) is 10.2. The number of ether oxygens (including phenoxy) is 1. The van der Waals surface area contributed by atoms with Crippen molar-refractivity contribution in [2.24, 2.45) is 5.73 Å². The molecule has 0 fully saturated rings. The van der Waals surface area contributed by atoms with E-state index in [1.165, 1.54) is 0 Å². The predicted octanol–water partition coefficient (Wildman–Crippen LogP) is 2.12. The lowest BCUT2D eigenvalue weighted by molar-refractivity contribution is -0.130. The van der Waals surface area contributed by atoms with Crippen molar-refractivity contribution in [2.45, 2.75) is 71.1 Å². The van der Waals surface area contributed by atoms with Crippen LogP contribution in [0.25, 0.3) is 0 Å². The molecule has 0 spiro atoms. The van der Waals surface area contributed by atoms with Gasteiger partial charge in [-0.05, 0) is 47.2 Å². The molecule has 0 radical (unpaired) electrons. The number of terminal acetylenes is 1. The number of carbonyl (C=O) groups is 3. The molecule has 0 aliphatic carbocycles. The molecule has 9 nitrogen and oxygen atoms in total. The van der Waals surface area contributed by atoms with Crippen molar-refractivity contribution in [1.82, 2.24) is 15.5 Å². The number of nitrogens with zero attached hydrogens (tertiary/aromatic N) is 1. The van der Waals surface area contributed by atoms with Crippen molar-refractivity contribution in [3.8, 4) is 18.1 Å². The zero-order chi connectivity index (χ0) is 30.2. The summed E-state index contributed by atoms with van der Waals surface area (Å²) < 4.78 is 5.24. The monoisotopic (exact) mass is 564 g/mol. The molecule has 0 aliphatic rings. The van der Waals surface area contributed by atoms with Crippen LogP contribution in [0.1, 0.15) is 55.4 Å². The highest BCUT2D eigenvalue weighted by molar-refractivity contribution is 5.81. The van der Waals surface area contributed by atoms with E-state index in [9.17, 15) is 19.5 Å². The summed E-state index contributed by atoms with van der Waals surface area (Å²) in [5.41, 5.74) is 8.43. The first-order valence-corrected chi connectivity index (χ1v) is 14.1. The molecule has 41 heavy (non-hydrogen) atoms. The minimum absolute atomic E-state index is 0.000945. The molecule has 2 rings (SSSR count). The summed E-state index contributed by atoms with van der Waals surface area (Å²) in [6.45, 7) is 6.14. The standard InChI is InChI=1S/C32H44N4O5/c1-5-9-28(29(37)22-34-21-23-10-8-11-27(17-23)41-4)35-31(39)19-25-14-24(18-30(33)38)15-26(16-25)20-32(40)36(12-6-2)13-7-3/h1,8,10-11,14-17,28-29,34,37H,6-7,9,12-13,18-22H2,2-4H3,(H2,33,38)(H,35,39)/t28-,29+/m0/s1. The van der Waals surface area contributed by atoms with E-state index in [-0.39, 0.29) is 44.0 Å². The van der Waals surface area contributed by atoms with E-state index < -0.39 is 18.1 Å². The third-order valence-corrected chi connectivity index (χ3v) is 6.52. The summed E-state index contributed by atoms with van der Waals surface area (Å²) in [5.74, 6) is 2.44. The molecule has 2 aromatic carbocycles. The van der Waals surface area contributed by atoms with Gasteiger partial charge in [0.15, 0.2) is 0 Å². The minimum atomic E-state index is -0.918. The summed E-state index contributed by atoms with van der Waals surface area (Å²) in [4.78, 5) is 39.4. The zero-order valence-electron chi connectivity index (χ0n) is 24.4. The lowest BCUT2D eigenvalue weighted by Crippen LogP contribution is -2.47. The largest absolute Gasteiger partial charge is 0.497 e. The van der Waals surface area contributed by atoms with Crippen molar-refractivity contribution in [3.63, 3.8) is 0 Å². The highest BCUT2D eigenvalue weighted by atomic mass is 16.5. The maximum atomic E-state index is 13.0. The summed E-state index contributed by atoms with van der Waals surface area (Å²) in [6.07, 6.45) is 6.64. The fourth-order valence-corrected chi connectivity index (χ4v) is 4.68. The van der Waals surface area contributed by atoms with E-state index in [1.807, 2.05) is 43.0 Å². The second kappa shape index (κ2) is 17.7. The smallest absolute Gasteiger partial charge is 0.226 e. The van der Waals surface area contributed by atoms with Crippen LogP contribution in [0.5, 0.6) is 5.75 Å². The molecule has 0 saturated carbocycles. The molecular weight excluding hydrogens is 520 g/mol. The molecular formula is C32H44N4O5. The van der Waals surface area contributed by atoms with E-state index in [4.69, 9.17) is 16.9 Å². The van der Waals surface area contributed by atoms with E-state index in [2.05, 4.69) is 16.6 Å². The number of amides is 3. The molecule has 222 valence electrons. The van der Waals surface area contributed by atoms with Gasteiger partial charge in [-0.15, -0.1) is 12.3 Å². The number of methoxy groups -OCH3 is 1. The van der Waals surface area contributed by atoms with Crippen molar-refractivity contribution in [2.75, 3.05) is 26.7 Å². The Morgan fingerprint density at radius 3 is 2.22 bits per heavy atom. The van der Waals surface area contributed by atoms with Crippen LogP contribution in [-0.4, -0.2) is 66.6 Å².